The summed E-state index contributed by atoms with van der Waals surface area (Å²) in [5.41, 5.74) is 0. The van der Waals surface area contributed by atoms with Crippen molar-refractivity contribution in [1.29, 1.82) is 0 Å². The van der Waals surface area contributed by atoms with E-state index in [2.05, 4.69) is 18.1 Å². The van der Waals surface area contributed by atoms with E-state index in [0.29, 0.717) is 13.1 Å². The van der Waals surface area contributed by atoms with Gasteiger partial charge in [-0.25, -0.2) is 0 Å². The number of aliphatic hydroxyl groups excluding tert-OH is 2. The molecule has 4 heteroatoms. The lowest BCUT2D eigenvalue weighted by atomic mass is 10.4. The van der Waals surface area contributed by atoms with Gasteiger partial charge in [0.1, 0.15) is 0 Å². The van der Waals surface area contributed by atoms with Crippen LogP contribution in [0.3, 0.4) is 0 Å². The summed E-state index contributed by atoms with van der Waals surface area (Å²) in [4.78, 5) is 4.25. The third-order valence-electron chi connectivity index (χ3n) is 2.34. The van der Waals surface area contributed by atoms with E-state index in [1.165, 1.54) is 0 Å². The third-order valence-corrected chi connectivity index (χ3v) is 2.34. The molecule has 0 aromatic rings. The fourth-order valence-electron chi connectivity index (χ4n) is 1.52. The Morgan fingerprint density at radius 3 is 1.56 bits per heavy atom. The van der Waals surface area contributed by atoms with Gasteiger partial charge < -0.3 is 10.2 Å². The lowest BCUT2D eigenvalue weighted by molar-refractivity contribution is 0.148. The van der Waals surface area contributed by atoms with Crippen LogP contribution < -0.4 is 0 Å². The lowest BCUT2D eigenvalue weighted by Gasteiger charge is -2.25. The van der Waals surface area contributed by atoms with Crippen LogP contribution >= 0.6 is 0 Å². The van der Waals surface area contributed by atoms with E-state index in [-0.39, 0.29) is 13.2 Å². The van der Waals surface area contributed by atoms with Crippen molar-refractivity contribution in [2.24, 2.45) is 0 Å². The van der Waals surface area contributed by atoms with E-state index < -0.39 is 0 Å². The molecule has 2 N–H and O–H groups in total. The summed E-state index contributed by atoms with van der Waals surface area (Å²) < 4.78 is 0. The molecule has 0 heterocycles. The van der Waals surface area contributed by atoms with Gasteiger partial charge in [-0.1, -0.05) is 12.2 Å². The van der Waals surface area contributed by atoms with Gasteiger partial charge in [0, 0.05) is 39.3 Å². The normalized spacial score (nSPS) is 11.0. The Hall–Kier alpha value is -0.680. The maximum absolute atomic E-state index is 8.87. The zero-order valence-electron chi connectivity index (χ0n) is 10.0. The van der Waals surface area contributed by atoms with Gasteiger partial charge in [-0.05, 0) is 0 Å². The fraction of sp³-hybridized carbons (Fsp3) is 0.667. The Morgan fingerprint density at radius 1 is 0.750 bits per heavy atom. The van der Waals surface area contributed by atoms with E-state index in [4.69, 9.17) is 10.2 Å². The fourth-order valence-corrected chi connectivity index (χ4v) is 1.52. The van der Waals surface area contributed by atoms with Crippen LogP contribution in [0, 0.1) is 0 Å². The Morgan fingerprint density at radius 2 is 1.19 bits per heavy atom. The highest BCUT2D eigenvalue weighted by Crippen LogP contribution is 1.93. The van der Waals surface area contributed by atoms with Gasteiger partial charge in [0.2, 0.25) is 0 Å². The highest BCUT2D eigenvalue weighted by molar-refractivity contribution is 4.80. The topological polar surface area (TPSA) is 46.9 Å². The molecule has 0 saturated carbocycles. The van der Waals surface area contributed by atoms with Crippen LogP contribution in [0.25, 0.3) is 0 Å². The molecule has 0 aliphatic carbocycles. The van der Waals surface area contributed by atoms with Crippen molar-refractivity contribution in [3.05, 3.63) is 25.3 Å². The molecule has 16 heavy (non-hydrogen) atoms. The molecule has 0 fully saturated rings. The number of aliphatic hydroxyl groups is 2. The maximum atomic E-state index is 8.87. The van der Waals surface area contributed by atoms with Crippen LogP contribution in [0.4, 0.5) is 0 Å². The number of hydrogen-bond donors (Lipinski definition) is 2. The van der Waals surface area contributed by atoms with Crippen molar-refractivity contribution < 1.29 is 10.2 Å². The number of hydrogen-bond acceptors (Lipinski definition) is 4. The van der Waals surface area contributed by atoms with E-state index in [0.717, 1.165) is 26.2 Å². The first-order valence-corrected chi connectivity index (χ1v) is 5.66. The van der Waals surface area contributed by atoms with Crippen LogP contribution in [-0.2, 0) is 0 Å². The number of rotatable bonds is 11. The van der Waals surface area contributed by atoms with Gasteiger partial charge in [-0.3, -0.25) is 9.80 Å². The second-order valence-electron chi connectivity index (χ2n) is 3.63. The molecule has 4 nitrogen and oxygen atoms in total. The van der Waals surface area contributed by atoms with Crippen LogP contribution in [-0.4, -0.2) is 72.5 Å². The van der Waals surface area contributed by atoms with Gasteiger partial charge in [0.15, 0.2) is 0 Å². The summed E-state index contributed by atoms with van der Waals surface area (Å²) in [5.74, 6) is 0. The van der Waals surface area contributed by atoms with Crippen LogP contribution in [0.1, 0.15) is 0 Å². The molecule has 0 atom stereocenters. The average molecular weight is 228 g/mol. The minimum atomic E-state index is 0.128. The largest absolute Gasteiger partial charge is 0.395 e. The smallest absolute Gasteiger partial charge is 0.0558 e. The molecule has 0 aromatic heterocycles. The van der Waals surface area contributed by atoms with Gasteiger partial charge >= 0.3 is 0 Å². The second-order valence-corrected chi connectivity index (χ2v) is 3.63. The molecule has 0 spiro atoms. The third kappa shape index (κ3) is 7.59. The first kappa shape index (κ1) is 15.3. The van der Waals surface area contributed by atoms with Crippen molar-refractivity contribution in [3.8, 4) is 0 Å². The summed E-state index contributed by atoms with van der Waals surface area (Å²) in [6, 6.07) is 0. The molecule has 0 radical (unpaired) electrons. The summed E-state index contributed by atoms with van der Waals surface area (Å²) >= 11 is 0. The van der Waals surface area contributed by atoms with Crippen LogP contribution in [0.5, 0.6) is 0 Å². The van der Waals surface area contributed by atoms with Crippen LogP contribution in [0.15, 0.2) is 25.3 Å². The summed E-state index contributed by atoms with van der Waals surface area (Å²) in [7, 11) is 0. The molecule has 0 rings (SSSR count). The van der Waals surface area contributed by atoms with Gasteiger partial charge in [0.05, 0.1) is 13.2 Å². The predicted molar refractivity (Wildman–Crippen MR) is 67.4 cm³/mol. The SMILES string of the molecule is C=CCN(CC=C)CCN(CCO)CCO. The van der Waals surface area contributed by atoms with Gasteiger partial charge in [-0.2, -0.15) is 0 Å². The zero-order chi connectivity index (χ0) is 12.2. The van der Waals surface area contributed by atoms with Crippen molar-refractivity contribution in [2.45, 2.75) is 0 Å². The molecule has 0 amide bonds. The summed E-state index contributed by atoms with van der Waals surface area (Å²) in [6.45, 7) is 12.3. The van der Waals surface area contributed by atoms with E-state index >= 15 is 0 Å². The first-order valence-electron chi connectivity index (χ1n) is 5.66. The molecular weight excluding hydrogens is 204 g/mol. The van der Waals surface area contributed by atoms with Crippen molar-refractivity contribution >= 4 is 0 Å². The average Bonchev–Trinajstić information content (AvgIpc) is 2.27. The standard InChI is InChI=1S/C12H24N2O2/c1-3-5-13(6-4-2)7-8-14(9-11-15)10-12-16/h3-4,15-16H,1-2,5-12H2. The molecule has 0 saturated heterocycles. The Balaban J connectivity index is 3.91. The van der Waals surface area contributed by atoms with Crippen molar-refractivity contribution in [2.75, 3.05) is 52.5 Å². The molecule has 0 bridgehead atoms. The van der Waals surface area contributed by atoms with E-state index in [1.807, 2.05) is 17.1 Å². The van der Waals surface area contributed by atoms with Crippen LogP contribution in [0.2, 0.25) is 0 Å². The molecular formula is C12H24N2O2. The van der Waals surface area contributed by atoms with Crippen molar-refractivity contribution in [3.63, 3.8) is 0 Å². The first-order chi connectivity index (χ1) is 7.78. The maximum Gasteiger partial charge on any atom is 0.0558 e. The highest BCUT2D eigenvalue weighted by Gasteiger charge is 2.06. The lowest BCUT2D eigenvalue weighted by Crippen LogP contribution is -2.38. The monoisotopic (exact) mass is 228 g/mol. The van der Waals surface area contributed by atoms with Gasteiger partial charge in [-0.15, -0.1) is 13.2 Å². The zero-order valence-corrected chi connectivity index (χ0v) is 10.0. The highest BCUT2D eigenvalue weighted by atomic mass is 16.3. The van der Waals surface area contributed by atoms with Crippen molar-refractivity contribution in [1.82, 2.24) is 9.80 Å². The molecule has 0 aromatic carbocycles. The molecule has 94 valence electrons. The Kier molecular flexibility index (Phi) is 10.4. The van der Waals surface area contributed by atoms with E-state index in [1.54, 1.807) is 0 Å². The van der Waals surface area contributed by atoms with E-state index in [9.17, 15) is 0 Å². The second kappa shape index (κ2) is 10.8. The molecule has 0 unspecified atom stereocenters. The minimum absolute atomic E-state index is 0.128. The predicted octanol–water partition coefficient (Wildman–Crippen LogP) is -0.0530. The Bertz CT molecular complexity index is 170. The van der Waals surface area contributed by atoms with Gasteiger partial charge in [0.25, 0.3) is 0 Å². The Labute approximate surface area is 98.5 Å². The molecule has 0 aliphatic heterocycles. The summed E-state index contributed by atoms with van der Waals surface area (Å²) in [5, 5.41) is 17.7. The summed E-state index contributed by atoms with van der Waals surface area (Å²) in [6.07, 6.45) is 3.73. The molecule has 0 aliphatic rings. The number of nitrogens with zero attached hydrogens (tertiary/aromatic N) is 2. The minimum Gasteiger partial charge on any atom is -0.395 e. The quantitative estimate of drug-likeness (QED) is 0.487.